The van der Waals surface area contributed by atoms with Crippen molar-refractivity contribution in [3.63, 3.8) is 0 Å². The summed E-state index contributed by atoms with van der Waals surface area (Å²) >= 11 is 6.22. The Morgan fingerprint density at radius 3 is 2.65 bits per heavy atom. The number of hydrogen-bond donors (Lipinski definition) is 2. The van der Waals surface area contributed by atoms with Gasteiger partial charge in [0.2, 0.25) is 0 Å². The van der Waals surface area contributed by atoms with Gasteiger partial charge in [0.1, 0.15) is 11.5 Å². The first-order chi connectivity index (χ1) is 16.2. The number of methoxy groups -OCH3 is 1. The molecule has 1 atom stereocenters. The van der Waals surface area contributed by atoms with E-state index in [1.807, 2.05) is 0 Å². The number of aromatic nitrogens is 2. The molecule has 2 N–H and O–H groups in total. The first-order valence-corrected chi connectivity index (χ1v) is 10.8. The number of benzene rings is 1. The number of carbonyl (C=O) groups excluding carboxylic acids is 3. The number of esters is 1. The molecule has 2 aromatic heterocycles. The number of carbonyl (C=O) groups is 3. The summed E-state index contributed by atoms with van der Waals surface area (Å²) in [5.74, 6) is -2.57. The molecule has 0 bridgehead atoms. The van der Waals surface area contributed by atoms with Crippen molar-refractivity contribution in [1.82, 2.24) is 14.9 Å². The molecule has 1 fully saturated rings. The van der Waals surface area contributed by atoms with Gasteiger partial charge in [0, 0.05) is 35.2 Å². The van der Waals surface area contributed by atoms with Gasteiger partial charge in [-0.25, -0.2) is 4.79 Å². The van der Waals surface area contributed by atoms with Crippen LogP contribution in [-0.4, -0.2) is 44.7 Å². The number of rotatable bonds is 5. The van der Waals surface area contributed by atoms with Crippen molar-refractivity contribution < 1.29 is 24.2 Å². The van der Waals surface area contributed by atoms with E-state index < -0.39 is 23.7 Å². The maximum absolute atomic E-state index is 13.2. The SMILES string of the molecule is COC(=O)c1[nH]c(C)c(/C(O)=C2\C(=O)C(=O)N(Cc3cccnc3)[C@H]2c2cccc(Cl)c2)c1C. The van der Waals surface area contributed by atoms with E-state index in [9.17, 15) is 19.5 Å². The molecule has 1 aliphatic heterocycles. The third-order valence-electron chi connectivity index (χ3n) is 5.84. The average Bonchev–Trinajstić information content (AvgIpc) is 3.26. The predicted molar refractivity (Wildman–Crippen MR) is 125 cm³/mol. The minimum absolute atomic E-state index is 0.0854. The van der Waals surface area contributed by atoms with E-state index in [1.165, 1.54) is 12.0 Å². The maximum Gasteiger partial charge on any atom is 0.354 e. The largest absolute Gasteiger partial charge is 0.507 e. The molecule has 0 radical (unpaired) electrons. The highest BCUT2D eigenvalue weighted by Crippen LogP contribution is 2.42. The van der Waals surface area contributed by atoms with Gasteiger partial charge in [-0.1, -0.05) is 29.8 Å². The number of hydrogen-bond acceptors (Lipinski definition) is 6. The van der Waals surface area contributed by atoms with Crippen LogP contribution in [0.5, 0.6) is 0 Å². The molecule has 0 aliphatic carbocycles. The molecule has 1 aliphatic rings. The Balaban J connectivity index is 1.92. The van der Waals surface area contributed by atoms with Crippen molar-refractivity contribution in [2.45, 2.75) is 26.4 Å². The van der Waals surface area contributed by atoms with Gasteiger partial charge in [0.15, 0.2) is 0 Å². The van der Waals surface area contributed by atoms with Gasteiger partial charge in [0.25, 0.3) is 11.7 Å². The van der Waals surface area contributed by atoms with Gasteiger partial charge in [-0.3, -0.25) is 14.6 Å². The number of pyridine rings is 1. The molecule has 34 heavy (non-hydrogen) atoms. The number of aryl methyl sites for hydroxylation is 1. The van der Waals surface area contributed by atoms with Crippen LogP contribution < -0.4 is 0 Å². The fourth-order valence-corrected chi connectivity index (χ4v) is 4.50. The van der Waals surface area contributed by atoms with Gasteiger partial charge < -0.3 is 19.7 Å². The van der Waals surface area contributed by atoms with E-state index in [4.69, 9.17) is 16.3 Å². The summed E-state index contributed by atoms with van der Waals surface area (Å²) in [6, 6.07) is 9.42. The van der Waals surface area contributed by atoms with Crippen LogP contribution in [0.25, 0.3) is 5.76 Å². The second-order valence-electron chi connectivity index (χ2n) is 7.96. The van der Waals surface area contributed by atoms with Crippen molar-refractivity contribution >= 4 is 35.0 Å². The van der Waals surface area contributed by atoms with E-state index in [2.05, 4.69) is 9.97 Å². The summed E-state index contributed by atoms with van der Waals surface area (Å²) in [4.78, 5) is 46.9. The lowest BCUT2D eigenvalue weighted by molar-refractivity contribution is -0.140. The Morgan fingerprint density at radius 1 is 1.24 bits per heavy atom. The van der Waals surface area contributed by atoms with Crippen LogP contribution in [0.2, 0.25) is 5.02 Å². The number of ketones is 1. The smallest absolute Gasteiger partial charge is 0.354 e. The number of aliphatic hydroxyl groups excluding tert-OH is 1. The van der Waals surface area contributed by atoms with Gasteiger partial charge in [-0.05, 0) is 48.7 Å². The predicted octanol–water partition coefficient (Wildman–Crippen LogP) is 4.09. The van der Waals surface area contributed by atoms with Gasteiger partial charge in [0.05, 0.1) is 18.7 Å². The Hall–Kier alpha value is -3.91. The molecule has 8 nitrogen and oxygen atoms in total. The lowest BCUT2D eigenvalue weighted by Crippen LogP contribution is -2.29. The summed E-state index contributed by atoms with van der Waals surface area (Å²) in [6.45, 7) is 3.39. The number of H-pyrrole nitrogens is 1. The molecular formula is C25H22ClN3O5. The highest BCUT2D eigenvalue weighted by molar-refractivity contribution is 6.46. The standard InChI is InChI=1S/C25H22ClN3O5/c1-13-18(14(2)28-20(13)25(33)34-3)22(30)19-21(16-7-4-8-17(26)10-16)29(24(32)23(19)31)12-15-6-5-9-27-11-15/h4-11,21,28,30H,12H2,1-3H3/b22-19+/t21-/m0/s1. The van der Waals surface area contributed by atoms with Crippen molar-refractivity contribution in [3.8, 4) is 0 Å². The van der Waals surface area contributed by atoms with Crippen molar-refractivity contribution in [2.24, 2.45) is 0 Å². The van der Waals surface area contributed by atoms with Gasteiger partial charge >= 0.3 is 5.97 Å². The number of aliphatic hydroxyl groups is 1. The Bertz CT molecular complexity index is 1330. The summed E-state index contributed by atoms with van der Waals surface area (Å²) in [6.07, 6.45) is 3.22. The summed E-state index contributed by atoms with van der Waals surface area (Å²) in [5, 5.41) is 11.8. The molecule has 0 saturated carbocycles. The van der Waals surface area contributed by atoms with Crippen LogP contribution in [-0.2, 0) is 20.9 Å². The molecule has 1 aromatic carbocycles. The van der Waals surface area contributed by atoms with Gasteiger partial charge in [-0.2, -0.15) is 0 Å². The van der Waals surface area contributed by atoms with Crippen LogP contribution in [0.4, 0.5) is 0 Å². The quantitative estimate of drug-likeness (QED) is 0.247. The first-order valence-electron chi connectivity index (χ1n) is 10.4. The second-order valence-corrected chi connectivity index (χ2v) is 8.40. The number of likely N-dealkylation sites (tertiary alicyclic amines) is 1. The van der Waals surface area contributed by atoms with Crippen LogP contribution in [0.1, 0.15) is 44.5 Å². The lowest BCUT2D eigenvalue weighted by atomic mass is 9.94. The molecule has 1 amide bonds. The minimum atomic E-state index is -0.894. The van der Waals surface area contributed by atoms with E-state index in [1.54, 1.807) is 62.6 Å². The van der Waals surface area contributed by atoms with Crippen LogP contribution in [0.15, 0.2) is 54.4 Å². The fourth-order valence-electron chi connectivity index (χ4n) is 4.30. The van der Waals surface area contributed by atoms with E-state index in [0.29, 0.717) is 21.8 Å². The molecule has 3 aromatic rings. The number of nitrogens with zero attached hydrogens (tertiary/aromatic N) is 2. The molecule has 9 heteroatoms. The number of amides is 1. The van der Waals surface area contributed by atoms with E-state index in [-0.39, 0.29) is 29.1 Å². The van der Waals surface area contributed by atoms with E-state index in [0.717, 1.165) is 5.56 Å². The zero-order chi connectivity index (χ0) is 24.6. The first kappa shape index (κ1) is 23.3. The topological polar surface area (TPSA) is 113 Å². The Labute approximate surface area is 200 Å². The molecule has 1 saturated heterocycles. The number of ether oxygens (including phenoxy) is 1. The lowest BCUT2D eigenvalue weighted by Gasteiger charge is -2.25. The fraction of sp³-hybridized carbons (Fsp3) is 0.200. The summed E-state index contributed by atoms with van der Waals surface area (Å²) < 4.78 is 4.80. The third-order valence-corrected chi connectivity index (χ3v) is 6.08. The highest BCUT2D eigenvalue weighted by atomic mass is 35.5. The minimum Gasteiger partial charge on any atom is -0.507 e. The molecule has 0 spiro atoms. The van der Waals surface area contributed by atoms with Crippen molar-refractivity contribution in [3.05, 3.63) is 93.0 Å². The number of nitrogens with one attached hydrogen (secondary N) is 1. The normalized spacial score (nSPS) is 17.3. The van der Waals surface area contributed by atoms with Crippen molar-refractivity contribution in [1.29, 1.82) is 0 Å². The van der Waals surface area contributed by atoms with Gasteiger partial charge in [-0.15, -0.1) is 0 Å². The third kappa shape index (κ3) is 3.97. The number of Topliss-reactive ketones (excluding diaryl/α,β-unsaturated/α-hetero) is 1. The number of halogens is 1. The summed E-state index contributed by atoms with van der Waals surface area (Å²) in [5.41, 5.74) is 2.49. The summed E-state index contributed by atoms with van der Waals surface area (Å²) in [7, 11) is 1.25. The molecule has 0 unspecified atom stereocenters. The van der Waals surface area contributed by atoms with Crippen LogP contribution in [0.3, 0.4) is 0 Å². The molecule has 4 rings (SSSR count). The molecular weight excluding hydrogens is 458 g/mol. The maximum atomic E-state index is 13.2. The molecule has 174 valence electrons. The second kappa shape index (κ2) is 9.15. The zero-order valence-corrected chi connectivity index (χ0v) is 19.5. The van der Waals surface area contributed by atoms with Crippen LogP contribution in [0, 0.1) is 13.8 Å². The van der Waals surface area contributed by atoms with Crippen LogP contribution >= 0.6 is 11.6 Å². The average molecular weight is 480 g/mol. The number of aromatic amines is 1. The molecule has 3 heterocycles. The highest BCUT2D eigenvalue weighted by Gasteiger charge is 2.46. The Morgan fingerprint density at radius 2 is 2.00 bits per heavy atom. The monoisotopic (exact) mass is 479 g/mol. The van der Waals surface area contributed by atoms with Crippen molar-refractivity contribution in [2.75, 3.05) is 7.11 Å². The van der Waals surface area contributed by atoms with E-state index >= 15 is 0 Å². The Kier molecular flexibility index (Phi) is 6.26. The zero-order valence-electron chi connectivity index (χ0n) is 18.8.